The van der Waals surface area contributed by atoms with E-state index < -0.39 is 12.0 Å². The van der Waals surface area contributed by atoms with E-state index >= 15 is 0 Å². The summed E-state index contributed by atoms with van der Waals surface area (Å²) in [6.45, 7) is 5.65. The minimum Gasteiger partial charge on any atom is -0.361 e. The molecule has 3 rings (SSSR count). The molecule has 1 saturated heterocycles. The fourth-order valence-electron chi connectivity index (χ4n) is 2.92. The van der Waals surface area contributed by atoms with Crippen molar-refractivity contribution >= 4 is 17.5 Å². The summed E-state index contributed by atoms with van der Waals surface area (Å²) in [6.07, 6.45) is 0. The molecular weight excluding hydrogens is 313 g/mol. The number of hydrogen-bond donors (Lipinski definition) is 1. The van der Waals surface area contributed by atoms with Gasteiger partial charge >= 0.3 is 0 Å². The van der Waals surface area contributed by atoms with Gasteiger partial charge in [0, 0.05) is 11.3 Å². The van der Waals surface area contributed by atoms with Crippen LogP contribution in [0.15, 0.2) is 28.8 Å². The molecule has 0 bridgehead atoms. The topological polar surface area (TPSA) is 75.4 Å². The van der Waals surface area contributed by atoms with E-state index in [-0.39, 0.29) is 17.6 Å². The molecule has 2 aromatic rings. The van der Waals surface area contributed by atoms with Crippen molar-refractivity contribution in [2.24, 2.45) is 0 Å². The van der Waals surface area contributed by atoms with Gasteiger partial charge in [0.2, 0.25) is 5.91 Å². The summed E-state index contributed by atoms with van der Waals surface area (Å²) in [5.74, 6) is -0.667. The van der Waals surface area contributed by atoms with Gasteiger partial charge in [0.1, 0.15) is 17.6 Å². The van der Waals surface area contributed by atoms with Gasteiger partial charge in [-0.1, -0.05) is 5.16 Å². The Morgan fingerprint density at radius 1 is 1.38 bits per heavy atom. The quantitative estimate of drug-likeness (QED) is 0.870. The summed E-state index contributed by atoms with van der Waals surface area (Å²) in [7, 11) is 0. The van der Waals surface area contributed by atoms with E-state index in [4.69, 9.17) is 4.52 Å². The second-order valence-corrected chi connectivity index (χ2v) is 5.95. The van der Waals surface area contributed by atoms with Gasteiger partial charge in [-0.2, -0.15) is 0 Å². The van der Waals surface area contributed by atoms with Gasteiger partial charge in [0.15, 0.2) is 0 Å². The minimum absolute atomic E-state index is 0.207. The van der Waals surface area contributed by atoms with Gasteiger partial charge in [-0.25, -0.2) is 4.39 Å². The molecule has 1 fully saturated rings. The first-order valence-electron chi connectivity index (χ1n) is 7.68. The van der Waals surface area contributed by atoms with Gasteiger partial charge in [-0.15, -0.1) is 0 Å². The Balaban J connectivity index is 1.63. The third kappa shape index (κ3) is 2.77. The van der Waals surface area contributed by atoms with Crippen LogP contribution >= 0.6 is 0 Å². The van der Waals surface area contributed by atoms with Gasteiger partial charge < -0.3 is 14.7 Å². The number of nitrogens with one attached hydrogen (secondary N) is 1. The number of amides is 2. The number of nitrogens with zero attached hydrogens (tertiary/aromatic N) is 2. The highest BCUT2D eigenvalue weighted by Gasteiger charge is 2.39. The number of halogens is 1. The molecule has 0 unspecified atom stereocenters. The monoisotopic (exact) mass is 331 g/mol. The predicted molar refractivity (Wildman–Crippen MR) is 85.1 cm³/mol. The normalized spacial score (nSPS) is 18.2. The first-order valence-corrected chi connectivity index (χ1v) is 7.68. The van der Waals surface area contributed by atoms with Crippen LogP contribution in [0.3, 0.4) is 0 Å². The van der Waals surface area contributed by atoms with Gasteiger partial charge in [0.05, 0.1) is 18.2 Å². The molecule has 24 heavy (non-hydrogen) atoms. The summed E-state index contributed by atoms with van der Waals surface area (Å²) in [4.78, 5) is 26.1. The van der Waals surface area contributed by atoms with E-state index in [1.165, 1.54) is 29.2 Å². The maximum Gasteiger partial charge on any atom is 0.251 e. The van der Waals surface area contributed by atoms with Crippen LogP contribution in [0.1, 0.15) is 29.9 Å². The first-order chi connectivity index (χ1) is 11.4. The molecule has 126 valence electrons. The third-order valence-electron chi connectivity index (χ3n) is 4.30. The molecular formula is C17H18FN3O3. The Hall–Kier alpha value is -2.70. The first kappa shape index (κ1) is 16.2. The lowest BCUT2D eigenvalue weighted by Gasteiger charge is -2.39. The maximum atomic E-state index is 12.9. The summed E-state index contributed by atoms with van der Waals surface area (Å²) in [5.41, 5.74) is 2.03. The molecule has 0 aliphatic carbocycles. The Bertz CT molecular complexity index is 765. The van der Waals surface area contributed by atoms with Crippen LogP contribution in [-0.4, -0.2) is 29.6 Å². The molecule has 1 aliphatic heterocycles. The van der Waals surface area contributed by atoms with E-state index in [1.807, 2.05) is 0 Å². The third-order valence-corrected chi connectivity index (χ3v) is 4.30. The zero-order chi connectivity index (χ0) is 17.4. The van der Waals surface area contributed by atoms with Crippen LogP contribution in [0.2, 0.25) is 0 Å². The highest BCUT2D eigenvalue weighted by molar-refractivity contribution is 6.06. The Labute approximate surface area is 138 Å². The highest BCUT2D eigenvalue weighted by Crippen LogP contribution is 2.25. The average Bonchev–Trinajstić information content (AvgIpc) is 2.89. The Morgan fingerprint density at radius 2 is 2.04 bits per heavy atom. The number of anilines is 1. The van der Waals surface area contributed by atoms with Crippen LogP contribution in [0.25, 0.3) is 0 Å². The van der Waals surface area contributed by atoms with E-state index in [1.54, 1.807) is 20.8 Å². The van der Waals surface area contributed by atoms with Crippen LogP contribution in [0, 0.1) is 19.7 Å². The molecule has 2 amide bonds. The largest absolute Gasteiger partial charge is 0.361 e. The van der Waals surface area contributed by atoms with E-state index in [9.17, 15) is 14.0 Å². The van der Waals surface area contributed by atoms with Gasteiger partial charge in [0.25, 0.3) is 5.91 Å². The van der Waals surface area contributed by atoms with Crippen molar-refractivity contribution in [3.63, 3.8) is 0 Å². The fraction of sp³-hybridized carbons (Fsp3) is 0.353. The number of β-lactam (4-membered cyclic amide) rings is 1. The van der Waals surface area contributed by atoms with Crippen molar-refractivity contribution in [2.75, 3.05) is 11.4 Å². The van der Waals surface area contributed by atoms with Crippen molar-refractivity contribution < 1.29 is 18.5 Å². The maximum absolute atomic E-state index is 12.9. The van der Waals surface area contributed by atoms with Crippen molar-refractivity contribution in [1.82, 2.24) is 10.5 Å². The second-order valence-electron chi connectivity index (χ2n) is 5.95. The molecule has 7 heteroatoms. The summed E-state index contributed by atoms with van der Waals surface area (Å²) >= 11 is 0. The zero-order valence-electron chi connectivity index (χ0n) is 13.7. The van der Waals surface area contributed by atoms with Crippen molar-refractivity contribution in [3.8, 4) is 0 Å². The molecule has 2 heterocycles. The lowest BCUT2D eigenvalue weighted by atomic mass is 9.97. The Morgan fingerprint density at radius 3 is 2.58 bits per heavy atom. The smallest absolute Gasteiger partial charge is 0.251 e. The molecule has 0 saturated carbocycles. The zero-order valence-corrected chi connectivity index (χ0v) is 13.7. The predicted octanol–water partition coefficient (Wildman–Crippen LogP) is 2.07. The van der Waals surface area contributed by atoms with Gasteiger partial charge in [-0.05, 0) is 45.0 Å². The highest BCUT2D eigenvalue weighted by atomic mass is 19.1. The Kier molecular flexibility index (Phi) is 4.09. The summed E-state index contributed by atoms with van der Waals surface area (Å²) in [5, 5.41) is 6.59. The van der Waals surface area contributed by atoms with Crippen molar-refractivity contribution in [1.29, 1.82) is 0 Å². The number of carbonyl (C=O) groups is 2. The number of carbonyl (C=O) groups excluding carboxylic acids is 2. The number of rotatable bonds is 4. The van der Waals surface area contributed by atoms with E-state index in [2.05, 4.69) is 10.5 Å². The molecule has 0 spiro atoms. The number of benzene rings is 1. The number of aromatic nitrogens is 1. The fourth-order valence-corrected chi connectivity index (χ4v) is 2.92. The van der Waals surface area contributed by atoms with Crippen LogP contribution < -0.4 is 10.2 Å². The molecule has 1 aromatic carbocycles. The molecule has 1 aliphatic rings. The van der Waals surface area contributed by atoms with Gasteiger partial charge in [-0.3, -0.25) is 9.59 Å². The van der Waals surface area contributed by atoms with E-state index in [0.717, 1.165) is 5.56 Å². The van der Waals surface area contributed by atoms with Crippen LogP contribution in [0.4, 0.5) is 10.1 Å². The molecule has 0 radical (unpaired) electrons. The average molecular weight is 331 g/mol. The second kappa shape index (κ2) is 6.07. The lowest BCUT2D eigenvalue weighted by Crippen LogP contribution is -2.64. The number of aryl methyl sites for hydroxylation is 2. The van der Waals surface area contributed by atoms with Crippen molar-refractivity contribution in [2.45, 2.75) is 32.7 Å². The SMILES string of the molecule is Cc1noc(C)c1[C@H](C)C(=O)N[C@H]1CN(c2ccc(F)cc2)C1=O. The minimum atomic E-state index is -0.564. The van der Waals surface area contributed by atoms with Crippen molar-refractivity contribution in [3.05, 3.63) is 47.1 Å². The lowest BCUT2D eigenvalue weighted by molar-refractivity contribution is -0.131. The molecule has 2 atom stereocenters. The standard InChI is InChI=1S/C17H18FN3O3/c1-9(15-10(2)20-24-11(15)3)16(22)19-14-8-21(17(14)23)13-6-4-12(18)5-7-13/h4-7,9,14H,8H2,1-3H3,(H,19,22)/t9-,14-/m0/s1. The molecule has 1 aromatic heterocycles. The molecule has 6 nitrogen and oxygen atoms in total. The molecule has 1 N–H and O–H groups in total. The summed E-state index contributed by atoms with van der Waals surface area (Å²) < 4.78 is 18.0. The van der Waals surface area contributed by atoms with Crippen LogP contribution in [-0.2, 0) is 9.59 Å². The summed E-state index contributed by atoms with van der Waals surface area (Å²) in [6, 6.07) is 5.11. The number of hydrogen-bond acceptors (Lipinski definition) is 4. The van der Waals surface area contributed by atoms with Crippen LogP contribution in [0.5, 0.6) is 0 Å². The van der Waals surface area contributed by atoms with E-state index in [0.29, 0.717) is 23.7 Å².